The summed E-state index contributed by atoms with van der Waals surface area (Å²) in [6.45, 7) is 0.322. The first-order valence-corrected chi connectivity index (χ1v) is 6.17. The van der Waals surface area contributed by atoms with Crippen LogP contribution in [-0.4, -0.2) is 17.5 Å². The number of ether oxygens (including phenoxy) is 1. The molecule has 0 radical (unpaired) electrons. The molecule has 2 aromatic rings. The molecule has 2 rings (SSSR count). The number of carbonyl (C=O) groups excluding carboxylic acids is 1. The highest BCUT2D eigenvalue weighted by Crippen LogP contribution is 2.12. The van der Waals surface area contributed by atoms with Crippen LogP contribution in [0.5, 0.6) is 5.75 Å². The molecule has 6 heteroatoms. The van der Waals surface area contributed by atoms with Gasteiger partial charge in [-0.1, -0.05) is 12.1 Å². The van der Waals surface area contributed by atoms with Crippen LogP contribution >= 0.6 is 0 Å². The highest BCUT2D eigenvalue weighted by atomic mass is 19.1. The number of benzene rings is 1. The number of pyridine rings is 1. The minimum absolute atomic E-state index is 0.00630. The molecule has 1 amide bonds. The number of carbonyl (C=O) groups is 1. The molecule has 21 heavy (non-hydrogen) atoms. The van der Waals surface area contributed by atoms with Crippen LogP contribution in [0, 0.1) is 17.3 Å². The molecule has 0 saturated heterocycles. The highest BCUT2D eigenvalue weighted by molar-refractivity contribution is 5.93. The van der Waals surface area contributed by atoms with Gasteiger partial charge in [-0.15, -0.1) is 0 Å². The van der Waals surface area contributed by atoms with Crippen molar-refractivity contribution in [2.24, 2.45) is 0 Å². The standard InChI is InChI=1S/C15H12FN3O2/c16-14-6-3-12(10-18-14)15(20)19-9-11-1-4-13(5-2-11)21-8-7-17/h1-6,10H,8-9H2,(H,19,20). The molecule has 106 valence electrons. The third-order valence-corrected chi connectivity index (χ3v) is 2.67. The summed E-state index contributed by atoms with van der Waals surface area (Å²) in [4.78, 5) is 15.2. The Morgan fingerprint density at radius 1 is 1.29 bits per heavy atom. The van der Waals surface area contributed by atoms with Crippen molar-refractivity contribution in [3.05, 3.63) is 59.7 Å². The van der Waals surface area contributed by atoms with E-state index in [4.69, 9.17) is 10.00 Å². The van der Waals surface area contributed by atoms with Crippen molar-refractivity contribution in [3.8, 4) is 11.8 Å². The summed E-state index contributed by atoms with van der Waals surface area (Å²) in [5, 5.41) is 11.1. The zero-order chi connectivity index (χ0) is 15.1. The van der Waals surface area contributed by atoms with Crippen LogP contribution in [0.25, 0.3) is 0 Å². The summed E-state index contributed by atoms with van der Waals surface area (Å²) in [5.74, 6) is -0.360. The van der Waals surface area contributed by atoms with Gasteiger partial charge in [0.05, 0.1) is 5.56 Å². The van der Waals surface area contributed by atoms with Gasteiger partial charge in [-0.25, -0.2) is 4.98 Å². The first kappa shape index (κ1) is 14.5. The Morgan fingerprint density at radius 3 is 2.67 bits per heavy atom. The molecule has 1 aromatic carbocycles. The smallest absolute Gasteiger partial charge is 0.253 e. The van der Waals surface area contributed by atoms with Crippen molar-refractivity contribution >= 4 is 5.91 Å². The number of halogens is 1. The Hall–Kier alpha value is -2.94. The van der Waals surface area contributed by atoms with Gasteiger partial charge >= 0.3 is 0 Å². The van der Waals surface area contributed by atoms with Crippen molar-refractivity contribution in [1.29, 1.82) is 5.26 Å². The first-order chi connectivity index (χ1) is 10.2. The topological polar surface area (TPSA) is 75.0 Å². The Kier molecular flexibility index (Phi) is 4.83. The molecular formula is C15H12FN3O2. The maximum atomic E-state index is 12.7. The number of hydrogen-bond acceptors (Lipinski definition) is 4. The van der Waals surface area contributed by atoms with E-state index in [1.165, 1.54) is 12.3 Å². The first-order valence-electron chi connectivity index (χ1n) is 6.17. The largest absolute Gasteiger partial charge is 0.479 e. The van der Waals surface area contributed by atoms with E-state index in [2.05, 4.69) is 10.3 Å². The second-order valence-corrected chi connectivity index (χ2v) is 4.14. The number of amides is 1. The van der Waals surface area contributed by atoms with E-state index >= 15 is 0 Å². The van der Waals surface area contributed by atoms with E-state index in [1.54, 1.807) is 24.3 Å². The van der Waals surface area contributed by atoms with Gasteiger partial charge in [0.25, 0.3) is 5.91 Å². The average Bonchev–Trinajstić information content (AvgIpc) is 2.52. The van der Waals surface area contributed by atoms with Gasteiger partial charge in [0.2, 0.25) is 5.95 Å². The minimum Gasteiger partial charge on any atom is -0.479 e. The number of hydrogen-bond donors (Lipinski definition) is 1. The van der Waals surface area contributed by atoms with Crippen LogP contribution in [0.4, 0.5) is 4.39 Å². The van der Waals surface area contributed by atoms with Crippen molar-refractivity contribution < 1.29 is 13.9 Å². The summed E-state index contributed by atoms with van der Waals surface area (Å²) in [5.41, 5.74) is 1.17. The van der Waals surface area contributed by atoms with Gasteiger partial charge in [0, 0.05) is 12.7 Å². The zero-order valence-corrected chi connectivity index (χ0v) is 11.0. The Labute approximate surface area is 121 Å². The Balaban J connectivity index is 1.89. The lowest BCUT2D eigenvalue weighted by Crippen LogP contribution is -2.22. The number of aromatic nitrogens is 1. The fraction of sp³-hybridized carbons (Fsp3) is 0.133. The predicted molar refractivity (Wildman–Crippen MR) is 72.9 cm³/mol. The third kappa shape index (κ3) is 4.28. The lowest BCUT2D eigenvalue weighted by atomic mass is 10.2. The molecule has 1 heterocycles. The van der Waals surface area contributed by atoms with Crippen LogP contribution in [0.1, 0.15) is 15.9 Å². The lowest BCUT2D eigenvalue weighted by molar-refractivity contribution is 0.0950. The van der Waals surface area contributed by atoms with E-state index in [-0.39, 0.29) is 12.5 Å². The zero-order valence-electron chi connectivity index (χ0n) is 11.0. The molecule has 0 fully saturated rings. The summed E-state index contributed by atoms with van der Waals surface area (Å²) < 4.78 is 17.8. The van der Waals surface area contributed by atoms with Gasteiger partial charge in [-0.05, 0) is 29.8 Å². The number of nitrogens with zero attached hydrogens (tertiary/aromatic N) is 2. The lowest BCUT2D eigenvalue weighted by Gasteiger charge is -2.06. The molecule has 0 bridgehead atoms. The molecule has 0 saturated carbocycles. The van der Waals surface area contributed by atoms with E-state index in [0.717, 1.165) is 11.6 Å². The second kappa shape index (κ2) is 7.01. The van der Waals surface area contributed by atoms with E-state index < -0.39 is 5.95 Å². The molecule has 1 aromatic heterocycles. The number of nitrogens with one attached hydrogen (secondary N) is 1. The highest BCUT2D eigenvalue weighted by Gasteiger charge is 2.06. The van der Waals surface area contributed by atoms with Gasteiger partial charge in [0.1, 0.15) is 11.8 Å². The fourth-order valence-electron chi connectivity index (χ4n) is 1.61. The Bertz CT molecular complexity index is 648. The van der Waals surface area contributed by atoms with Gasteiger partial charge in [0.15, 0.2) is 6.61 Å². The third-order valence-electron chi connectivity index (χ3n) is 2.67. The van der Waals surface area contributed by atoms with Crippen molar-refractivity contribution in [2.75, 3.05) is 6.61 Å². The predicted octanol–water partition coefficient (Wildman–Crippen LogP) is 2.05. The van der Waals surface area contributed by atoms with Gasteiger partial charge in [-0.3, -0.25) is 4.79 Å². The Morgan fingerprint density at radius 2 is 2.05 bits per heavy atom. The van der Waals surface area contributed by atoms with Crippen LogP contribution < -0.4 is 10.1 Å². The fourth-order valence-corrected chi connectivity index (χ4v) is 1.61. The number of nitriles is 1. The van der Waals surface area contributed by atoms with Gasteiger partial charge in [-0.2, -0.15) is 9.65 Å². The number of rotatable bonds is 5. The molecule has 0 spiro atoms. The molecule has 5 nitrogen and oxygen atoms in total. The molecule has 0 atom stereocenters. The van der Waals surface area contributed by atoms with Crippen molar-refractivity contribution in [3.63, 3.8) is 0 Å². The molecule has 0 aliphatic heterocycles. The maximum Gasteiger partial charge on any atom is 0.253 e. The van der Waals surface area contributed by atoms with E-state index in [0.29, 0.717) is 17.9 Å². The van der Waals surface area contributed by atoms with Crippen molar-refractivity contribution in [1.82, 2.24) is 10.3 Å². The molecule has 1 N–H and O–H groups in total. The summed E-state index contributed by atoms with van der Waals surface area (Å²) in [7, 11) is 0. The normalized spacial score (nSPS) is 9.71. The van der Waals surface area contributed by atoms with Crippen LogP contribution in [0.3, 0.4) is 0 Å². The molecular weight excluding hydrogens is 273 g/mol. The van der Waals surface area contributed by atoms with Crippen LogP contribution in [-0.2, 0) is 6.54 Å². The van der Waals surface area contributed by atoms with E-state index in [9.17, 15) is 9.18 Å². The van der Waals surface area contributed by atoms with Crippen LogP contribution in [0.2, 0.25) is 0 Å². The summed E-state index contributed by atoms with van der Waals surface area (Å²) >= 11 is 0. The average molecular weight is 285 g/mol. The second-order valence-electron chi connectivity index (χ2n) is 4.14. The summed E-state index contributed by atoms with van der Waals surface area (Å²) in [6.07, 6.45) is 1.18. The SMILES string of the molecule is N#CCOc1ccc(CNC(=O)c2ccc(F)nc2)cc1. The molecule has 0 aliphatic rings. The van der Waals surface area contributed by atoms with Gasteiger partial charge < -0.3 is 10.1 Å². The molecule has 0 aliphatic carbocycles. The van der Waals surface area contributed by atoms with E-state index in [1.807, 2.05) is 6.07 Å². The maximum absolute atomic E-state index is 12.7. The van der Waals surface area contributed by atoms with Crippen LogP contribution in [0.15, 0.2) is 42.6 Å². The van der Waals surface area contributed by atoms with Crippen molar-refractivity contribution in [2.45, 2.75) is 6.54 Å². The quantitative estimate of drug-likeness (QED) is 0.853. The monoisotopic (exact) mass is 285 g/mol. The molecule has 0 unspecified atom stereocenters. The summed E-state index contributed by atoms with van der Waals surface area (Å²) in [6, 6.07) is 11.4. The minimum atomic E-state index is -0.625.